The molecule has 3 aromatic rings. The summed E-state index contributed by atoms with van der Waals surface area (Å²) in [4.78, 5) is 25.7. The monoisotopic (exact) mass is 363 g/mol. The molecule has 0 fully saturated rings. The fourth-order valence-electron chi connectivity index (χ4n) is 3.40. The van der Waals surface area contributed by atoms with Crippen molar-refractivity contribution in [3.05, 3.63) is 93.9 Å². The van der Waals surface area contributed by atoms with E-state index >= 15 is 0 Å². The molecule has 1 aromatic heterocycles. The second-order valence-electron chi connectivity index (χ2n) is 6.52. The minimum absolute atomic E-state index is 0.0280. The van der Waals surface area contributed by atoms with Gasteiger partial charge in [0.1, 0.15) is 11.4 Å². The van der Waals surface area contributed by atoms with E-state index < -0.39 is 10.6 Å². The lowest BCUT2D eigenvalue weighted by atomic mass is 9.93. The van der Waals surface area contributed by atoms with Gasteiger partial charge in [0.05, 0.1) is 23.3 Å². The first-order valence-corrected chi connectivity index (χ1v) is 8.45. The number of furan rings is 1. The molecule has 1 atom stereocenters. The number of benzene rings is 2. The number of hydrogen-bond acceptors (Lipinski definition) is 5. The molecule has 4 rings (SSSR count). The lowest BCUT2D eigenvalue weighted by Crippen LogP contribution is -2.55. The molecule has 2 heterocycles. The number of non-ortho nitro benzene ring substituents is 1. The minimum Gasteiger partial charge on any atom is -0.467 e. The maximum Gasteiger partial charge on any atom is 0.269 e. The zero-order chi connectivity index (χ0) is 19.0. The van der Waals surface area contributed by atoms with Gasteiger partial charge in [0.15, 0.2) is 0 Å². The van der Waals surface area contributed by atoms with Crippen molar-refractivity contribution >= 4 is 17.3 Å². The topological polar surface area (TPSA) is 88.6 Å². The third-order valence-electron chi connectivity index (χ3n) is 4.83. The Hall–Kier alpha value is -3.61. The van der Waals surface area contributed by atoms with Gasteiger partial charge in [0, 0.05) is 23.4 Å². The van der Waals surface area contributed by atoms with E-state index in [2.05, 4.69) is 5.32 Å². The molecule has 0 bridgehead atoms. The number of nitrogens with one attached hydrogen (secondary N) is 1. The number of nitro benzene ring substituents is 1. The lowest BCUT2D eigenvalue weighted by molar-refractivity contribution is -0.385. The quantitative estimate of drug-likeness (QED) is 0.556. The molecule has 7 nitrogen and oxygen atoms in total. The molecule has 2 aromatic carbocycles. The van der Waals surface area contributed by atoms with Crippen molar-refractivity contribution in [1.82, 2.24) is 4.90 Å². The molecule has 0 spiro atoms. The normalized spacial score (nSPS) is 18.7. The van der Waals surface area contributed by atoms with E-state index in [4.69, 9.17) is 4.42 Å². The van der Waals surface area contributed by atoms with Crippen molar-refractivity contribution in [2.24, 2.45) is 0 Å². The highest BCUT2D eigenvalue weighted by atomic mass is 16.6. The highest BCUT2D eigenvalue weighted by molar-refractivity contribution is 6.02. The van der Waals surface area contributed by atoms with E-state index in [-0.39, 0.29) is 18.1 Å². The molecule has 0 radical (unpaired) electrons. The molecule has 1 aliphatic heterocycles. The van der Waals surface area contributed by atoms with Crippen molar-refractivity contribution in [3.63, 3.8) is 0 Å². The van der Waals surface area contributed by atoms with E-state index in [0.29, 0.717) is 22.6 Å². The van der Waals surface area contributed by atoms with Crippen LogP contribution in [0.3, 0.4) is 0 Å². The van der Waals surface area contributed by atoms with Crippen LogP contribution in [0, 0.1) is 10.1 Å². The van der Waals surface area contributed by atoms with E-state index in [1.807, 2.05) is 19.1 Å². The molecule has 0 saturated heterocycles. The average molecular weight is 363 g/mol. The number of anilines is 1. The van der Waals surface area contributed by atoms with Gasteiger partial charge < -0.3 is 14.6 Å². The summed E-state index contributed by atoms with van der Waals surface area (Å²) < 4.78 is 5.43. The minimum atomic E-state index is -0.982. The molecule has 1 aliphatic rings. The highest BCUT2D eigenvalue weighted by Crippen LogP contribution is 2.39. The van der Waals surface area contributed by atoms with Gasteiger partial charge in [-0.25, -0.2) is 0 Å². The third kappa shape index (κ3) is 2.83. The smallest absolute Gasteiger partial charge is 0.269 e. The maximum atomic E-state index is 13.3. The van der Waals surface area contributed by atoms with E-state index in [1.165, 1.54) is 12.1 Å². The van der Waals surface area contributed by atoms with Crippen LogP contribution in [0.15, 0.2) is 71.3 Å². The predicted molar refractivity (Wildman–Crippen MR) is 99.1 cm³/mol. The summed E-state index contributed by atoms with van der Waals surface area (Å²) in [6, 6.07) is 17.1. The van der Waals surface area contributed by atoms with Gasteiger partial charge >= 0.3 is 0 Å². The van der Waals surface area contributed by atoms with Crippen molar-refractivity contribution in [1.29, 1.82) is 0 Å². The third-order valence-corrected chi connectivity index (χ3v) is 4.83. The number of para-hydroxylation sites is 1. The van der Waals surface area contributed by atoms with Gasteiger partial charge in [0.25, 0.3) is 11.6 Å². The van der Waals surface area contributed by atoms with Crippen molar-refractivity contribution in [3.8, 4) is 0 Å². The molecule has 27 heavy (non-hydrogen) atoms. The van der Waals surface area contributed by atoms with Crippen molar-refractivity contribution < 1.29 is 14.1 Å². The SMILES string of the molecule is CC1(c2cccc([N+](=O)[O-])c2)Nc2ccccc2C(=O)N1Cc1ccco1. The molecule has 1 N–H and O–H groups in total. The van der Waals surface area contributed by atoms with Crippen LogP contribution in [0.4, 0.5) is 11.4 Å². The van der Waals surface area contributed by atoms with Gasteiger partial charge in [-0.05, 0) is 31.2 Å². The summed E-state index contributed by atoms with van der Waals surface area (Å²) in [7, 11) is 0. The summed E-state index contributed by atoms with van der Waals surface area (Å²) in [6.07, 6.45) is 1.55. The first-order valence-electron chi connectivity index (χ1n) is 8.45. The number of amides is 1. The van der Waals surface area contributed by atoms with Gasteiger partial charge in [-0.2, -0.15) is 0 Å². The maximum absolute atomic E-state index is 13.3. The summed E-state index contributed by atoms with van der Waals surface area (Å²) in [5, 5.41) is 14.6. The first kappa shape index (κ1) is 16.8. The Kier molecular flexibility index (Phi) is 3.92. The Morgan fingerprint density at radius 3 is 2.70 bits per heavy atom. The van der Waals surface area contributed by atoms with E-state index in [1.54, 1.807) is 47.6 Å². The van der Waals surface area contributed by atoms with Gasteiger partial charge in [-0.15, -0.1) is 0 Å². The fourth-order valence-corrected chi connectivity index (χ4v) is 3.40. The predicted octanol–water partition coefficient (Wildman–Crippen LogP) is 4.13. The Morgan fingerprint density at radius 1 is 1.15 bits per heavy atom. The van der Waals surface area contributed by atoms with Crippen LogP contribution in [0.2, 0.25) is 0 Å². The van der Waals surface area contributed by atoms with Crippen molar-refractivity contribution in [2.75, 3.05) is 5.32 Å². The largest absolute Gasteiger partial charge is 0.467 e. The second-order valence-corrected chi connectivity index (χ2v) is 6.52. The second kappa shape index (κ2) is 6.28. The number of fused-ring (bicyclic) bond motifs is 1. The van der Waals surface area contributed by atoms with Crippen LogP contribution in [0.25, 0.3) is 0 Å². The molecule has 1 amide bonds. The summed E-state index contributed by atoms with van der Waals surface area (Å²) in [6.45, 7) is 2.06. The lowest BCUT2D eigenvalue weighted by Gasteiger charge is -2.46. The van der Waals surface area contributed by atoms with Gasteiger partial charge in [0.2, 0.25) is 0 Å². The first-order chi connectivity index (χ1) is 13.0. The van der Waals surface area contributed by atoms with Crippen LogP contribution in [-0.4, -0.2) is 15.7 Å². The summed E-state index contributed by atoms with van der Waals surface area (Å²) >= 11 is 0. The molecule has 136 valence electrons. The Bertz CT molecular complexity index is 1020. The standard InChI is InChI=1S/C20H17N3O4/c1-20(14-6-4-7-15(12-14)23(25)26)21-18-10-3-2-9-17(18)19(24)22(20)13-16-8-5-11-27-16/h2-12,21H,13H2,1H3. The zero-order valence-corrected chi connectivity index (χ0v) is 14.6. The number of carbonyl (C=O) groups excluding carboxylic acids is 1. The number of rotatable bonds is 4. The summed E-state index contributed by atoms with van der Waals surface area (Å²) in [5.74, 6) is 0.455. The van der Waals surface area contributed by atoms with Crippen LogP contribution in [0.1, 0.15) is 28.6 Å². The molecule has 0 aliphatic carbocycles. The van der Waals surface area contributed by atoms with Crippen LogP contribution in [-0.2, 0) is 12.2 Å². The van der Waals surface area contributed by atoms with Gasteiger partial charge in [-0.1, -0.05) is 24.3 Å². The number of nitrogens with zero attached hydrogens (tertiary/aromatic N) is 2. The summed E-state index contributed by atoms with van der Waals surface area (Å²) in [5.41, 5.74) is 0.842. The molecule has 0 saturated carbocycles. The van der Waals surface area contributed by atoms with Crippen LogP contribution in [0.5, 0.6) is 0 Å². The fraction of sp³-hybridized carbons (Fsp3) is 0.150. The molecular weight excluding hydrogens is 346 g/mol. The highest BCUT2D eigenvalue weighted by Gasteiger charge is 2.43. The molecule has 7 heteroatoms. The number of carbonyl (C=O) groups is 1. The van der Waals surface area contributed by atoms with Gasteiger partial charge in [-0.3, -0.25) is 14.9 Å². The Labute approximate surface area is 155 Å². The number of hydrogen-bond donors (Lipinski definition) is 1. The van der Waals surface area contributed by atoms with Crippen LogP contribution >= 0.6 is 0 Å². The number of nitro groups is 1. The molecular formula is C20H17N3O4. The van der Waals surface area contributed by atoms with E-state index in [0.717, 1.165) is 0 Å². The Morgan fingerprint density at radius 2 is 1.96 bits per heavy atom. The molecule has 1 unspecified atom stereocenters. The Balaban J connectivity index is 1.85. The average Bonchev–Trinajstić information content (AvgIpc) is 3.18. The van der Waals surface area contributed by atoms with Crippen LogP contribution < -0.4 is 5.32 Å². The van der Waals surface area contributed by atoms with Crippen molar-refractivity contribution in [2.45, 2.75) is 19.1 Å². The zero-order valence-electron chi connectivity index (χ0n) is 14.6. The van der Waals surface area contributed by atoms with E-state index in [9.17, 15) is 14.9 Å².